The van der Waals surface area contributed by atoms with E-state index in [1.54, 1.807) is 0 Å². The average molecular weight is 248 g/mol. The van der Waals surface area contributed by atoms with E-state index in [1.165, 1.54) is 6.07 Å². The molecule has 1 N–H and O–H groups in total. The lowest BCUT2D eigenvalue weighted by Gasteiger charge is -2.05. The molecule has 0 radical (unpaired) electrons. The van der Waals surface area contributed by atoms with Crippen molar-refractivity contribution in [3.05, 3.63) is 21.1 Å². The van der Waals surface area contributed by atoms with Gasteiger partial charge in [0.15, 0.2) is 5.75 Å². The molecule has 0 heterocycles. The van der Waals surface area contributed by atoms with E-state index in [9.17, 15) is 0 Å². The highest BCUT2D eigenvalue weighted by molar-refractivity contribution is 6.46. The Kier molecular flexibility index (Phi) is 3.18. The summed E-state index contributed by atoms with van der Waals surface area (Å²) < 4.78 is 4.32. The Morgan fingerprint density at radius 1 is 1.17 bits per heavy atom. The van der Waals surface area contributed by atoms with Crippen molar-refractivity contribution in [1.82, 2.24) is 0 Å². The molecule has 12 heavy (non-hydrogen) atoms. The van der Waals surface area contributed by atoms with Crippen molar-refractivity contribution < 1.29 is 9.40 Å². The fraction of sp³-hybridized carbons (Fsp3) is 0. The van der Waals surface area contributed by atoms with Gasteiger partial charge in [0.1, 0.15) is 27.7 Å². The topological polar surface area (TPSA) is 29.5 Å². The maximum Gasteiger partial charge on any atom is 0.185 e. The molecule has 1 rings (SSSR count). The Morgan fingerprint density at radius 2 is 1.75 bits per heavy atom. The first-order chi connectivity index (χ1) is 5.57. The largest absolute Gasteiger partial charge is 0.506 e. The lowest BCUT2D eigenvalue weighted by atomic mass is 10.3. The molecule has 66 valence electrons. The van der Waals surface area contributed by atoms with Gasteiger partial charge < -0.3 is 9.40 Å². The van der Waals surface area contributed by atoms with Crippen molar-refractivity contribution >= 4 is 46.7 Å². The highest BCUT2D eigenvalue weighted by Gasteiger charge is 2.15. The van der Waals surface area contributed by atoms with E-state index in [0.717, 1.165) is 0 Å². The molecular weight excluding hydrogens is 246 g/mol. The van der Waals surface area contributed by atoms with Crippen LogP contribution >= 0.6 is 46.7 Å². The van der Waals surface area contributed by atoms with Crippen LogP contribution in [0, 0.1) is 0 Å². The molecule has 0 aliphatic heterocycles. The number of halogens is 4. The summed E-state index contributed by atoms with van der Waals surface area (Å²) in [7, 11) is 0. The standard InChI is InChI=1S/C6H2Cl4O2/c7-2-1-3(11)4(8)5(9)6(2)12-10/h1,11H. The first kappa shape index (κ1) is 10.1. The van der Waals surface area contributed by atoms with Crippen molar-refractivity contribution in [2.45, 2.75) is 0 Å². The maximum atomic E-state index is 9.10. The number of benzene rings is 1. The lowest BCUT2D eigenvalue weighted by Crippen LogP contribution is -1.81. The van der Waals surface area contributed by atoms with Crippen LogP contribution in [0.25, 0.3) is 0 Å². The average Bonchev–Trinajstić information content (AvgIpc) is 2.01. The van der Waals surface area contributed by atoms with E-state index < -0.39 is 0 Å². The smallest absolute Gasteiger partial charge is 0.185 e. The molecule has 0 aromatic heterocycles. The number of hydrogen-bond donors (Lipinski definition) is 1. The van der Waals surface area contributed by atoms with E-state index in [0.29, 0.717) is 0 Å². The van der Waals surface area contributed by atoms with Crippen LogP contribution in [0.2, 0.25) is 15.1 Å². The van der Waals surface area contributed by atoms with Gasteiger partial charge in [-0.1, -0.05) is 34.8 Å². The van der Waals surface area contributed by atoms with Gasteiger partial charge in [-0.25, -0.2) is 0 Å². The van der Waals surface area contributed by atoms with Gasteiger partial charge in [0.25, 0.3) is 0 Å². The van der Waals surface area contributed by atoms with Crippen LogP contribution in [0.15, 0.2) is 6.07 Å². The molecular formula is C6H2Cl4O2. The van der Waals surface area contributed by atoms with Crippen LogP contribution < -0.4 is 4.29 Å². The number of hydrogen-bond acceptors (Lipinski definition) is 2. The summed E-state index contributed by atoms with van der Waals surface area (Å²) in [5.41, 5.74) is 0. The highest BCUT2D eigenvalue weighted by atomic mass is 35.5. The van der Waals surface area contributed by atoms with Crippen LogP contribution in [0.4, 0.5) is 0 Å². The van der Waals surface area contributed by atoms with Crippen molar-refractivity contribution in [1.29, 1.82) is 0 Å². The molecule has 0 saturated heterocycles. The Bertz CT molecular complexity index is 313. The third-order valence-electron chi connectivity index (χ3n) is 1.17. The van der Waals surface area contributed by atoms with Crippen LogP contribution in [-0.4, -0.2) is 5.11 Å². The summed E-state index contributed by atoms with van der Waals surface area (Å²) >= 11 is 21.8. The van der Waals surface area contributed by atoms with Crippen LogP contribution in [0.5, 0.6) is 11.5 Å². The number of phenols is 1. The Balaban J connectivity index is 3.40. The molecule has 0 amide bonds. The SMILES string of the molecule is Oc1cc(Cl)c(OCl)c(Cl)c1Cl. The summed E-state index contributed by atoms with van der Waals surface area (Å²) in [5, 5.41) is 9.13. The Hall–Kier alpha value is -0.0200. The van der Waals surface area contributed by atoms with Gasteiger partial charge in [0, 0.05) is 6.07 Å². The number of aromatic hydroxyl groups is 1. The quantitative estimate of drug-likeness (QED) is 0.764. The summed E-state index contributed by atoms with van der Waals surface area (Å²) in [6.45, 7) is 0. The molecule has 6 heteroatoms. The first-order valence-electron chi connectivity index (χ1n) is 2.73. The predicted octanol–water partition coefficient (Wildman–Crippen LogP) is 3.88. The zero-order valence-corrected chi connectivity index (χ0v) is 8.47. The van der Waals surface area contributed by atoms with Gasteiger partial charge in [-0.2, -0.15) is 0 Å². The van der Waals surface area contributed by atoms with E-state index in [2.05, 4.69) is 4.29 Å². The van der Waals surface area contributed by atoms with Crippen molar-refractivity contribution in [2.75, 3.05) is 0 Å². The molecule has 0 aliphatic carbocycles. The summed E-state index contributed by atoms with van der Waals surface area (Å²) in [6, 6.07) is 1.19. The highest BCUT2D eigenvalue weighted by Crippen LogP contribution is 2.43. The molecule has 0 unspecified atom stereocenters. The van der Waals surface area contributed by atoms with E-state index in [1.807, 2.05) is 0 Å². The zero-order chi connectivity index (χ0) is 9.30. The number of phenolic OH excluding ortho intramolecular Hbond substituents is 1. The van der Waals surface area contributed by atoms with Gasteiger partial charge in [-0.15, -0.1) is 0 Å². The Morgan fingerprint density at radius 3 is 2.25 bits per heavy atom. The van der Waals surface area contributed by atoms with Crippen LogP contribution in [0.3, 0.4) is 0 Å². The van der Waals surface area contributed by atoms with Crippen LogP contribution in [-0.2, 0) is 0 Å². The second-order valence-corrected chi connectivity index (χ2v) is 3.23. The summed E-state index contributed by atoms with van der Waals surface area (Å²) in [6.07, 6.45) is 0. The van der Waals surface area contributed by atoms with Gasteiger partial charge in [-0.05, 0) is 0 Å². The first-order valence-corrected chi connectivity index (χ1v) is 4.17. The summed E-state index contributed by atoms with van der Waals surface area (Å²) in [5.74, 6) is -0.188. The molecule has 0 fully saturated rings. The lowest BCUT2D eigenvalue weighted by molar-refractivity contribution is 0.474. The minimum absolute atomic E-state index is 0.0170. The fourth-order valence-corrected chi connectivity index (χ4v) is 1.54. The van der Waals surface area contributed by atoms with E-state index in [-0.39, 0.29) is 26.6 Å². The normalized spacial score (nSPS) is 10.0. The second-order valence-electron chi connectivity index (χ2n) is 1.91. The van der Waals surface area contributed by atoms with Gasteiger partial charge >= 0.3 is 0 Å². The van der Waals surface area contributed by atoms with Gasteiger partial charge in [0.2, 0.25) is 0 Å². The second kappa shape index (κ2) is 3.79. The molecule has 1 aromatic carbocycles. The summed E-state index contributed by atoms with van der Waals surface area (Å²) in [4.78, 5) is 0. The van der Waals surface area contributed by atoms with Gasteiger partial charge in [-0.3, -0.25) is 0 Å². The molecule has 0 spiro atoms. The fourth-order valence-electron chi connectivity index (χ4n) is 0.637. The van der Waals surface area contributed by atoms with Crippen molar-refractivity contribution in [3.8, 4) is 11.5 Å². The number of rotatable bonds is 1. The van der Waals surface area contributed by atoms with E-state index in [4.69, 9.17) is 51.8 Å². The van der Waals surface area contributed by atoms with Gasteiger partial charge in [0.05, 0.1) is 5.02 Å². The van der Waals surface area contributed by atoms with E-state index >= 15 is 0 Å². The van der Waals surface area contributed by atoms with Crippen molar-refractivity contribution in [2.24, 2.45) is 0 Å². The minimum atomic E-state index is -0.218. The predicted molar refractivity (Wildman–Crippen MR) is 49.6 cm³/mol. The zero-order valence-electron chi connectivity index (χ0n) is 5.44. The molecule has 0 atom stereocenters. The monoisotopic (exact) mass is 246 g/mol. The third-order valence-corrected chi connectivity index (χ3v) is 2.45. The van der Waals surface area contributed by atoms with Crippen molar-refractivity contribution in [3.63, 3.8) is 0 Å². The third kappa shape index (κ3) is 1.67. The molecule has 2 nitrogen and oxygen atoms in total. The minimum Gasteiger partial charge on any atom is -0.506 e. The molecule has 0 aliphatic rings. The maximum absolute atomic E-state index is 9.10. The molecule has 1 aromatic rings. The van der Waals surface area contributed by atoms with Crippen LogP contribution in [0.1, 0.15) is 0 Å². The molecule has 0 bridgehead atoms. The Labute approximate surface area is 88.7 Å². The molecule has 0 saturated carbocycles.